The number of aryl methyl sites for hydroxylation is 2. The van der Waals surface area contributed by atoms with Gasteiger partial charge in [-0.1, -0.05) is 59.8 Å². The molecule has 4 rings (SSSR count). The lowest BCUT2D eigenvalue weighted by molar-refractivity contribution is -0.113. The topological polar surface area (TPSA) is 38.8 Å². The van der Waals surface area contributed by atoms with E-state index in [9.17, 15) is 4.79 Å². The maximum absolute atomic E-state index is 13.2. The smallest absolute Gasteiger partial charge is 0.270 e. The Labute approximate surface area is 214 Å². The Hall–Kier alpha value is -2.80. The van der Waals surface area contributed by atoms with Crippen molar-refractivity contribution in [1.82, 2.24) is 0 Å². The number of ether oxygens (including phenoxy) is 2. The van der Waals surface area contributed by atoms with E-state index in [1.54, 1.807) is 4.90 Å². The number of anilines is 1. The van der Waals surface area contributed by atoms with E-state index in [0.29, 0.717) is 39.0 Å². The van der Waals surface area contributed by atoms with E-state index in [1.807, 2.05) is 87.5 Å². The van der Waals surface area contributed by atoms with Crippen LogP contribution in [0.5, 0.6) is 11.5 Å². The summed E-state index contributed by atoms with van der Waals surface area (Å²) in [5.41, 5.74) is 4.92. The number of thioether (sulfide) groups is 1. The van der Waals surface area contributed by atoms with Crippen LogP contribution in [0, 0.1) is 13.8 Å². The van der Waals surface area contributed by atoms with E-state index in [4.69, 9.17) is 33.3 Å². The van der Waals surface area contributed by atoms with Crippen LogP contribution in [0.3, 0.4) is 0 Å². The summed E-state index contributed by atoms with van der Waals surface area (Å²) < 4.78 is 12.3. The highest BCUT2D eigenvalue weighted by atomic mass is 35.5. The Balaban J connectivity index is 1.55. The average Bonchev–Trinajstić information content (AvgIpc) is 3.09. The normalized spacial score (nSPS) is 14.7. The molecule has 34 heavy (non-hydrogen) atoms. The Morgan fingerprint density at radius 1 is 0.971 bits per heavy atom. The molecule has 0 aromatic heterocycles. The van der Waals surface area contributed by atoms with Gasteiger partial charge in [0.2, 0.25) is 0 Å². The van der Waals surface area contributed by atoms with E-state index in [0.717, 1.165) is 22.4 Å². The fourth-order valence-corrected chi connectivity index (χ4v) is 4.88. The molecule has 0 aliphatic carbocycles. The molecule has 0 spiro atoms. The zero-order valence-electron chi connectivity index (χ0n) is 19.1. The molecular weight excluding hydrogens is 486 g/mol. The lowest BCUT2D eigenvalue weighted by Gasteiger charge is -2.16. The minimum Gasteiger partial charge on any atom is -0.490 e. The predicted molar refractivity (Wildman–Crippen MR) is 145 cm³/mol. The summed E-state index contributed by atoms with van der Waals surface area (Å²) in [6.07, 6.45) is 1.84. The third kappa shape index (κ3) is 5.46. The van der Waals surface area contributed by atoms with E-state index in [-0.39, 0.29) is 5.91 Å². The SMILES string of the molecule is CCOc1cc(/C=C2/SC(=S)N(c3ccc(C)c(C)c3)C2=O)ccc1OCc1ccc(Cl)cc1. The highest BCUT2D eigenvalue weighted by molar-refractivity contribution is 8.27. The lowest BCUT2D eigenvalue weighted by Crippen LogP contribution is -2.27. The molecule has 4 nitrogen and oxygen atoms in total. The van der Waals surface area contributed by atoms with Gasteiger partial charge in [0, 0.05) is 5.02 Å². The molecule has 3 aromatic rings. The lowest BCUT2D eigenvalue weighted by atomic mass is 10.1. The average molecular weight is 510 g/mol. The molecule has 1 saturated heterocycles. The van der Waals surface area contributed by atoms with Gasteiger partial charge in [-0.3, -0.25) is 9.69 Å². The van der Waals surface area contributed by atoms with Gasteiger partial charge in [-0.2, -0.15) is 0 Å². The fraction of sp³-hybridized carbons (Fsp3) is 0.185. The van der Waals surface area contributed by atoms with Gasteiger partial charge in [0.05, 0.1) is 17.2 Å². The largest absolute Gasteiger partial charge is 0.490 e. The van der Waals surface area contributed by atoms with Gasteiger partial charge < -0.3 is 9.47 Å². The minimum atomic E-state index is -0.126. The molecule has 1 amide bonds. The molecular formula is C27H24ClNO3S2. The van der Waals surface area contributed by atoms with E-state index in [2.05, 4.69) is 0 Å². The number of carbonyl (C=O) groups is 1. The number of amides is 1. The van der Waals surface area contributed by atoms with Gasteiger partial charge in [-0.25, -0.2) is 0 Å². The number of hydrogen-bond acceptors (Lipinski definition) is 5. The molecule has 0 bridgehead atoms. The van der Waals surface area contributed by atoms with Gasteiger partial charge in [-0.05, 0) is 85.5 Å². The van der Waals surface area contributed by atoms with Crippen molar-refractivity contribution in [3.63, 3.8) is 0 Å². The summed E-state index contributed by atoms with van der Waals surface area (Å²) in [4.78, 5) is 15.3. The molecule has 174 valence electrons. The molecule has 1 heterocycles. The first-order chi connectivity index (χ1) is 16.4. The molecule has 3 aromatic carbocycles. The first kappa shape index (κ1) is 24.3. The molecule has 0 unspecified atom stereocenters. The summed E-state index contributed by atoms with van der Waals surface area (Å²) in [6, 6.07) is 19.1. The number of thiocarbonyl (C=S) groups is 1. The molecule has 0 N–H and O–H groups in total. The second kappa shape index (κ2) is 10.6. The maximum Gasteiger partial charge on any atom is 0.270 e. The van der Waals surface area contributed by atoms with Crippen molar-refractivity contribution in [2.45, 2.75) is 27.4 Å². The van der Waals surface area contributed by atoms with Crippen molar-refractivity contribution in [2.75, 3.05) is 11.5 Å². The summed E-state index contributed by atoms with van der Waals surface area (Å²) in [5, 5.41) is 0.686. The van der Waals surface area contributed by atoms with E-state index < -0.39 is 0 Å². The molecule has 7 heteroatoms. The molecule has 1 aliphatic rings. The van der Waals surface area contributed by atoms with Crippen LogP contribution >= 0.6 is 35.6 Å². The van der Waals surface area contributed by atoms with E-state index in [1.165, 1.54) is 17.3 Å². The fourth-order valence-electron chi connectivity index (χ4n) is 3.45. The van der Waals surface area contributed by atoms with Crippen molar-refractivity contribution in [3.05, 3.63) is 92.8 Å². The van der Waals surface area contributed by atoms with Crippen LogP contribution in [-0.4, -0.2) is 16.8 Å². The number of nitrogens with zero attached hydrogens (tertiary/aromatic N) is 1. The standard InChI is InChI=1S/C27H24ClNO3S2/c1-4-31-24-14-20(8-12-23(24)32-16-19-6-9-21(28)10-7-19)15-25-26(30)29(27(33)34-25)22-11-5-17(2)18(3)13-22/h5-15H,4,16H2,1-3H3/b25-15+. The van der Waals surface area contributed by atoms with Crippen molar-refractivity contribution >= 4 is 57.6 Å². The van der Waals surface area contributed by atoms with Crippen LogP contribution in [0.2, 0.25) is 5.02 Å². The van der Waals surface area contributed by atoms with Crippen LogP contribution in [0.15, 0.2) is 65.6 Å². The van der Waals surface area contributed by atoms with Crippen LogP contribution < -0.4 is 14.4 Å². The highest BCUT2D eigenvalue weighted by Crippen LogP contribution is 2.38. The number of rotatable bonds is 7. The summed E-state index contributed by atoms with van der Waals surface area (Å²) >= 11 is 12.8. The zero-order valence-corrected chi connectivity index (χ0v) is 21.5. The summed E-state index contributed by atoms with van der Waals surface area (Å²) in [5.74, 6) is 1.13. The van der Waals surface area contributed by atoms with Gasteiger partial charge in [0.15, 0.2) is 15.8 Å². The second-order valence-electron chi connectivity index (χ2n) is 7.84. The number of hydrogen-bond donors (Lipinski definition) is 0. The van der Waals surface area contributed by atoms with Crippen LogP contribution in [0.4, 0.5) is 5.69 Å². The van der Waals surface area contributed by atoms with Gasteiger partial charge in [0.25, 0.3) is 5.91 Å². The Kier molecular flexibility index (Phi) is 7.61. The zero-order chi connectivity index (χ0) is 24.2. The number of halogens is 1. The Bertz CT molecular complexity index is 1270. The number of carbonyl (C=O) groups excluding carboxylic acids is 1. The Morgan fingerprint density at radius 2 is 1.74 bits per heavy atom. The Morgan fingerprint density at radius 3 is 2.44 bits per heavy atom. The molecule has 0 saturated carbocycles. The first-order valence-electron chi connectivity index (χ1n) is 10.8. The monoisotopic (exact) mass is 509 g/mol. The molecule has 1 aliphatic heterocycles. The summed E-state index contributed by atoms with van der Waals surface area (Å²) in [7, 11) is 0. The van der Waals surface area contributed by atoms with Crippen molar-refractivity contribution < 1.29 is 14.3 Å². The molecule has 1 fully saturated rings. The van der Waals surface area contributed by atoms with Crippen LogP contribution in [0.1, 0.15) is 29.2 Å². The van der Waals surface area contributed by atoms with Crippen molar-refractivity contribution in [2.24, 2.45) is 0 Å². The number of benzene rings is 3. The quantitative estimate of drug-likeness (QED) is 0.246. The van der Waals surface area contributed by atoms with Crippen LogP contribution in [0.25, 0.3) is 6.08 Å². The first-order valence-corrected chi connectivity index (χ1v) is 12.5. The van der Waals surface area contributed by atoms with Crippen molar-refractivity contribution in [3.8, 4) is 11.5 Å². The van der Waals surface area contributed by atoms with Crippen molar-refractivity contribution in [1.29, 1.82) is 0 Å². The second-order valence-corrected chi connectivity index (χ2v) is 9.95. The molecule has 0 atom stereocenters. The van der Waals surface area contributed by atoms with Gasteiger partial charge >= 0.3 is 0 Å². The van der Waals surface area contributed by atoms with Gasteiger partial charge in [-0.15, -0.1) is 0 Å². The van der Waals surface area contributed by atoms with Crippen LogP contribution in [-0.2, 0) is 11.4 Å². The third-order valence-electron chi connectivity index (χ3n) is 5.42. The van der Waals surface area contributed by atoms with E-state index >= 15 is 0 Å². The third-order valence-corrected chi connectivity index (χ3v) is 6.97. The highest BCUT2D eigenvalue weighted by Gasteiger charge is 2.33. The minimum absolute atomic E-state index is 0.126. The summed E-state index contributed by atoms with van der Waals surface area (Å²) in [6.45, 7) is 6.88. The maximum atomic E-state index is 13.2. The molecule has 0 radical (unpaired) electrons. The predicted octanol–water partition coefficient (Wildman–Crippen LogP) is 7.34. The van der Waals surface area contributed by atoms with Gasteiger partial charge in [0.1, 0.15) is 6.61 Å².